The molecular formula is C9H10Cl3N. The normalized spacial score (nSPS) is 11.6. The second-order valence-corrected chi connectivity index (χ2v) is 3.21. The van der Waals surface area contributed by atoms with Crippen molar-refractivity contribution in [3.8, 4) is 0 Å². The standard InChI is InChI=1S/C9H9Cl2N.ClH/c1-2-8(12)9-6(10)4-3-5-7(9)11;/h2-5,8H,1,12H2;1H/t8-;/m1./s1. The third-order valence-electron chi connectivity index (χ3n) is 1.59. The van der Waals surface area contributed by atoms with Crippen molar-refractivity contribution in [1.29, 1.82) is 0 Å². The first-order valence-electron chi connectivity index (χ1n) is 3.49. The van der Waals surface area contributed by atoms with Gasteiger partial charge in [-0.15, -0.1) is 19.0 Å². The van der Waals surface area contributed by atoms with Crippen molar-refractivity contribution in [2.45, 2.75) is 6.04 Å². The molecule has 1 aromatic carbocycles. The average Bonchev–Trinajstić information content (AvgIpc) is 2.03. The highest BCUT2D eigenvalue weighted by Gasteiger charge is 2.09. The van der Waals surface area contributed by atoms with Crippen LogP contribution in [0.4, 0.5) is 0 Å². The van der Waals surface area contributed by atoms with Crippen LogP contribution in [0.3, 0.4) is 0 Å². The molecule has 1 aromatic rings. The van der Waals surface area contributed by atoms with Gasteiger partial charge in [-0.25, -0.2) is 0 Å². The van der Waals surface area contributed by atoms with Gasteiger partial charge in [-0.2, -0.15) is 0 Å². The van der Waals surface area contributed by atoms with E-state index in [0.717, 1.165) is 5.56 Å². The Labute approximate surface area is 93.9 Å². The third kappa shape index (κ3) is 2.89. The zero-order valence-corrected chi connectivity index (χ0v) is 9.16. The van der Waals surface area contributed by atoms with Crippen molar-refractivity contribution < 1.29 is 0 Å². The molecule has 2 N–H and O–H groups in total. The molecule has 0 aliphatic rings. The monoisotopic (exact) mass is 237 g/mol. The van der Waals surface area contributed by atoms with E-state index in [0.29, 0.717) is 10.0 Å². The second-order valence-electron chi connectivity index (χ2n) is 2.40. The van der Waals surface area contributed by atoms with E-state index in [4.69, 9.17) is 28.9 Å². The van der Waals surface area contributed by atoms with Crippen molar-refractivity contribution in [1.82, 2.24) is 0 Å². The van der Waals surface area contributed by atoms with Crippen molar-refractivity contribution in [3.63, 3.8) is 0 Å². The smallest absolute Gasteiger partial charge is 0.0508 e. The maximum absolute atomic E-state index is 5.89. The summed E-state index contributed by atoms with van der Waals surface area (Å²) in [6, 6.07) is 4.99. The summed E-state index contributed by atoms with van der Waals surface area (Å²) >= 11 is 11.8. The summed E-state index contributed by atoms with van der Waals surface area (Å²) < 4.78 is 0. The molecular weight excluding hydrogens is 228 g/mol. The third-order valence-corrected chi connectivity index (χ3v) is 2.25. The van der Waals surface area contributed by atoms with Crippen LogP contribution >= 0.6 is 35.6 Å². The largest absolute Gasteiger partial charge is 0.321 e. The summed E-state index contributed by atoms with van der Waals surface area (Å²) in [5, 5.41) is 1.16. The zero-order chi connectivity index (χ0) is 9.14. The summed E-state index contributed by atoms with van der Waals surface area (Å²) in [5.74, 6) is 0. The molecule has 0 bridgehead atoms. The number of hydrogen-bond acceptors (Lipinski definition) is 1. The molecule has 0 saturated heterocycles. The molecule has 1 rings (SSSR count). The lowest BCUT2D eigenvalue weighted by atomic mass is 10.1. The number of halogens is 3. The van der Waals surface area contributed by atoms with Crippen LogP contribution in [-0.4, -0.2) is 0 Å². The Morgan fingerprint density at radius 3 is 2.15 bits per heavy atom. The Bertz CT molecular complexity index is 279. The summed E-state index contributed by atoms with van der Waals surface area (Å²) in [7, 11) is 0. The highest BCUT2D eigenvalue weighted by Crippen LogP contribution is 2.29. The van der Waals surface area contributed by atoms with Gasteiger partial charge in [0.05, 0.1) is 6.04 Å². The van der Waals surface area contributed by atoms with Gasteiger partial charge < -0.3 is 5.73 Å². The molecule has 0 unspecified atom stereocenters. The molecule has 0 spiro atoms. The Balaban J connectivity index is 0.00000144. The van der Waals surface area contributed by atoms with Gasteiger partial charge in [-0.3, -0.25) is 0 Å². The average molecular weight is 239 g/mol. The maximum atomic E-state index is 5.89. The minimum atomic E-state index is -0.300. The fraction of sp³-hybridized carbons (Fsp3) is 0.111. The summed E-state index contributed by atoms with van der Waals surface area (Å²) in [4.78, 5) is 0. The first-order chi connectivity index (χ1) is 5.66. The van der Waals surface area contributed by atoms with Crippen molar-refractivity contribution in [3.05, 3.63) is 46.5 Å². The van der Waals surface area contributed by atoms with Gasteiger partial charge in [0.2, 0.25) is 0 Å². The van der Waals surface area contributed by atoms with Gasteiger partial charge in [-0.05, 0) is 12.1 Å². The summed E-state index contributed by atoms with van der Waals surface area (Å²) in [5.41, 5.74) is 6.44. The van der Waals surface area contributed by atoms with Gasteiger partial charge in [0.15, 0.2) is 0 Å². The van der Waals surface area contributed by atoms with Crippen LogP contribution < -0.4 is 5.73 Å². The minimum absolute atomic E-state index is 0. The van der Waals surface area contributed by atoms with Crippen LogP contribution in [0.5, 0.6) is 0 Å². The van der Waals surface area contributed by atoms with Crippen LogP contribution in [0.25, 0.3) is 0 Å². The molecule has 0 aliphatic heterocycles. The highest BCUT2D eigenvalue weighted by atomic mass is 35.5. The topological polar surface area (TPSA) is 26.0 Å². The molecule has 0 aromatic heterocycles. The summed E-state index contributed by atoms with van der Waals surface area (Å²) in [6.07, 6.45) is 1.60. The molecule has 13 heavy (non-hydrogen) atoms. The zero-order valence-electron chi connectivity index (χ0n) is 6.84. The van der Waals surface area contributed by atoms with Crippen LogP contribution in [0.15, 0.2) is 30.9 Å². The molecule has 4 heteroatoms. The van der Waals surface area contributed by atoms with Crippen molar-refractivity contribution in [2.75, 3.05) is 0 Å². The lowest BCUT2D eigenvalue weighted by molar-refractivity contribution is 0.915. The fourth-order valence-electron chi connectivity index (χ4n) is 0.947. The molecule has 1 nitrogen and oxygen atoms in total. The number of hydrogen-bond donors (Lipinski definition) is 1. The van der Waals surface area contributed by atoms with E-state index in [1.54, 1.807) is 24.3 Å². The molecule has 0 fully saturated rings. The van der Waals surface area contributed by atoms with Crippen molar-refractivity contribution >= 4 is 35.6 Å². The Morgan fingerprint density at radius 2 is 1.77 bits per heavy atom. The van der Waals surface area contributed by atoms with Gasteiger partial charge in [-0.1, -0.05) is 35.3 Å². The van der Waals surface area contributed by atoms with Crippen LogP contribution in [-0.2, 0) is 0 Å². The Hall–Kier alpha value is -0.210. The van der Waals surface area contributed by atoms with E-state index >= 15 is 0 Å². The van der Waals surface area contributed by atoms with Crippen LogP contribution in [0, 0.1) is 0 Å². The van der Waals surface area contributed by atoms with Gasteiger partial charge in [0.1, 0.15) is 0 Å². The molecule has 0 saturated carbocycles. The number of benzene rings is 1. The minimum Gasteiger partial charge on any atom is -0.321 e. The molecule has 0 aliphatic carbocycles. The SMILES string of the molecule is C=C[C@@H](N)c1c(Cl)cccc1Cl.Cl. The first-order valence-corrected chi connectivity index (χ1v) is 4.24. The van der Waals surface area contributed by atoms with E-state index in [1.165, 1.54) is 0 Å². The Kier molecular flexibility index (Phi) is 5.42. The second kappa shape index (κ2) is 5.51. The van der Waals surface area contributed by atoms with Crippen molar-refractivity contribution in [2.24, 2.45) is 5.73 Å². The van der Waals surface area contributed by atoms with E-state index in [1.807, 2.05) is 0 Å². The van der Waals surface area contributed by atoms with Gasteiger partial charge in [0.25, 0.3) is 0 Å². The molecule has 0 radical (unpaired) electrons. The predicted molar refractivity (Wildman–Crippen MR) is 60.8 cm³/mol. The highest BCUT2D eigenvalue weighted by molar-refractivity contribution is 6.36. The van der Waals surface area contributed by atoms with Crippen LogP contribution in [0.2, 0.25) is 10.0 Å². The quantitative estimate of drug-likeness (QED) is 0.783. The predicted octanol–water partition coefficient (Wildman–Crippen LogP) is 3.60. The number of nitrogens with two attached hydrogens (primary N) is 1. The molecule has 1 atom stereocenters. The first kappa shape index (κ1) is 12.8. The lowest BCUT2D eigenvalue weighted by Crippen LogP contribution is -2.07. The van der Waals surface area contributed by atoms with E-state index < -0.39 is 0 Å². The maximum Gasteiger partial charge on any atom is 0.0508 e. The molecule has 0 amide bonds. The number of rotatable bonds is 2. The fourth-order valence-corrected chi connectivity index (χ4v) is 1.60. The molecule has 72 valence electrons. The van der Waals surface area contributed by atoms with Crippen LogP contribution in [0.1, 0.15) is 11.6 Å². The van der Waals surface area contributed by atoms with E-state index in [9.17, 15) is 0 Å². The van der Waals surface area contributed by atoms with E-state index in [-0.39, 0.29) is 18.4 Å². The van der Waals surface area contributed by atoms with Gasteiger partial charge in [0, 0.05) is 15.6 Å². The Morgan fingerprint density at radius 1 is 1.31 bits per heavy atom. The van der Waals surface area contributed by atoms with E-state index in [2.05, 4.69) is 6.58 Å². The lowest BCUT2D eigenvalue weighted by Gasteiger charge is -2.10. The molecule has 0 heterocycles. The van der Waals surface area contributed by atoms with Gasteiger partial charge >= 0.3 is 0 Å². The summed E-state index contributed by atoms with van der Waals surface area (Å²) in [6.45, 7) is 3.58.